The molecule has 36 heavy (non-hydrogen) atoms. The van der Waals surface area contributed by atoms with Crippen molar-refractivity contribution >= 4 is 18.8 Å². The summed E-state index contributed by atoms with van der Waals surface area (Å²) in [7, 11) is 1.15. The summed E-state index contributed by atoms with van der Waals surface area (Å²) in [5.74, 6) is 0.642. The quantitative estimate of drug-likeness (QED) is 0.195. The van der Waals surface area contributed by atoms with E-state index in [-0.39, 0.29) is 5.41 Å². The van der Waals surface area contributed by atoms with Gasteiger partial charge in [-0.1, -0.05) is 81.5 Å². The molecule has 3 aromatic carbocycles. The number of hydrogen-bond donors (Lipinski definition) is 0. The molecule has 1 saturated heterocycles. The summed E-state index contributed by atoms with van der Waals surface area (Å²) >= 11 is 0. The Labute approximate surface area is 219 Å². The maximum absolute atomic E-state index is 9.08. The fraction of sp³-hybridized carbons (Fsp3) is 0.382. The van der Waals surface area contributed by atoms with Crippen molar-refractivity contribution in [3.63, 3.8) is 0 Å². The molecule has 184 valence electrons. The number of pyridine rings is 1. The van der Waals surface area contributed by atoms with Crippen LogP contribution in [0, 0.1) is 13.8 Å². The highest BCUT2D eigenvalue weighted by Crippen LogP contribution is 2.50. The molecule has 0 radical (unpaired) electrons. The van der Waals surface area contributed by atoms with Crippen molar-refractivity contribution in [2.45, 2.75) is 77.1 Å². The molecular weight excluding hydrogens is 450 g/mol. The Morgan fingerprint density at radius 2 is 1.61 bits per heavy atom. The predicted octanol–water partition coefficient (Wildman–Crippen LogP) is 8.84. The number of hydrogen-bond acceptors (Lipinski definition) is 0. The van der Waals surface area contributed by atoms with Crippen LogP contribution < -0.4 is 4.57 Å². The van der Waals surface area contributed by atoms with Gasteiger partial charge in [0, 0.05) is 26.5 Å². The molecule has 0 unspecified atom stereocenters. The van der Waals surface area contributed by atoms with Gasteiger partial charge in [0.05, 0.1) is 12.3 Å². The molecule has 0 N–H and O–H groups in total. The second kappa shape index (κ2) is 8.15. The number of benzene rings is 3. The van der Waals surface area contributed by atoms with Gasteiger partial charge >= 0.3 is 0 Å². The molecule has 4 aromatic rings. The van der Waals surface area contributed by atoms with E-state index in [1.54, 1.807) is 0 Å². The normalized spacial score (nSPS) is 18.7. The zero-order valence-electron chi connectivity index (χ0n) is 24.0. The van der Waals surface area contributed by atoms with Crippen LogP contribution in [0.4, 0.5) is 0 Å². The van der Waals surface area contributed by atoms with Gasteiger partial charge in [0.25, 0.3) is 0 Å². The molecule has 1 aromatic heterocycles. The van der Waals surface area contributed by atoms with Crippen molar-refractivity contribution in [3.8, 4) is 22.4 Å². The fourth-order valence-corrected chi connectivity index (χ4v) is 9.43. The standard InChI is InChI=1S/C34H40NSi/c1-22-18-30-28-10-8-9-11-31(28)34(3,4)32(30)21-29(22)33-27-13-12-25(20-26(27)19-23(2)35(33)5)24-14-16-36(6,7)17-15-24/h8-13,18-21,24H,14-17H2,1-7H3/q+1/i19D. The van der Waals surface area contributed by atoms with Crippen LogP contribution in [0.25, 0.3) is 33.2 Å². The van der Waals surface area contributed by atoms with Gasteiger partial charge in [0.1, 0.15) is 7.05 Å². The second-order valence-corrected chi connectivity index (χ2v) is 18.1. The second-order valence-electron chi connectivity index (χ2n) is 12.7. The molecule has 1 nitrogen and oxygen atoms in total. The molecule has 1 fully saturated rings. The SMILES string of the molecule is [2H]c1c(C)[n+](C)c(-c2cc3c(cc2C)-c2ccccc2C3(C)C)c2ccc(C3CC[Si](C)(C)CC3)cc12. The summed E-state index contributed by atoms with van der Waals surface area (Å²) in [4.78, 5) is 0. The highest BCUT2D eigenvalue weighted by Gasteiger charge is 2.37. The largest absolute Gasteiger partial charge is 0.220 e. The summed E-state index contributed by atoms with van der Waals surface area (Å²) in [5, 5.41) is 2.30. The van der Waals surface area contributed by atoms with E-state index in [9.17, 15) is 0 Å². The third-order valence-electron chi connectivity index (χ3n) is 9.45. The van der Waals surface area contributed by atoms with Crippen LogP contribution in [-0.4, -0.2) is 8.07 Å². The molecule has 1 aliphatic carbocycles. The minimum atomic E-state index is -0.990. The van der Waals surface area contributed by atoms with Crippen molar-refractivity contribution in [2.75, 3.05) is 0 Å². The average molecular weight is 492 g/mol. The van der Waals surface area contributed by atoms with Crippen molar-refractivity contribution in [1.29, 1.82) is 0 Å². The van der Waals surface area contributed by atoms with Gasteiger partial charge in [-0.15, -0.1) is 0 Å². The van der Waals surface area contributed by atoms with E-state index in [1.165, 1.54) is 75.0 Å². The molecule has 0 amide bonds. The molecule has 1 aliphatic heterocycles. The minimum Gasteiger partial charge on any atom is -0.198 e. The molecule has 6 rings (SSSR count). The molecule has 2 aliphatic rings. The molecule has 0 atom stereocenters. The van der Waals surface area contributed by atoms with Gasteiger partial charge in [-0.2, -0.15) is 4.57 Å². The molecule has 0 spiro atoms. The van der Waals surface area contributed by atoms with E-state index >= 15 is 0 Å². The smallest absolute Gasteiger partial charge is 0.198 e. The third kappa shape index (κ3) is 3.60. The Bertz CT molecular complexity index is 1570. The van der Waals surface area contributed by atoms with Crippen LogP contribution in [-0.2, 0) is 12.5 Å². The number of aryl methyl sites for hydroxylation is 1. The number of nitrogens with zero attached hydrogens (tertiary/aromatic N) is 1. The van der Waals surface area contributed by atoms with E-state index in [0.29, 0.717) is 12.0 Å². The van der Waals surface area contributed by atoms with Gasteiger partial charge in [-0.25, -0.2) is 0 Å². The zero-order chi connectivity index (χ0) is 26.3. The number of rotatable bonds is 2. The van der Waals surface area contributed by atoms with Crippen molar-refractivity contribution in [3.05, 3.63) is 88.6 Å². The molecular formula is C34H40NSi+. The van der Waals surface area contributed by atoms with E-state index in [1.807, 2.05) is 0 Å². The average Bonchev–Trinajstić information content (AvgIpc) is 3.09. The Morgan fingerprint density at radius 1 is 0.889 bits per heavy atom. The fourth-order valence-electron chi connectivity index (χ4n) is 6.92. The highest BCUT2D eigenvalue weighted by molar-refractivity contribution is 6.77. The predicted molar refractivity (Wildman–Crippen MR) is 157 cm³/mol. The number of aromatic nitrogens is 1. The van der Waals surface area contributed by atoms with Crippen molar-refractivity contribution < 1.29 is 5.94 Å². The Kier molecular flexibility index (Phi) is 5.09. The van der Waals surface area contributed by atoms with E-state index in [0.717, 1.165) is 11.1 Å². The van der Waals surface area contributed by atoms with Crippen LogP contribution in [0.1, 0.15) is 61.9 Å². The van der Waals surface area contributed by atoms with Crippen molar-refractivity contribution in [2.24, 2.45) is 7.05 Å². The lowest BCUT2D eigenvalue weighted by Crippen LogP contribution is -2.35. The van der Waals surface area contributed by atoms with Crippen LogP contribution in [0.3, 0.4) is 0 Å². The first-order valence-corrected chi connectivity index (χ1v) is 17.1. The Hall–Kier alpha value is -2.71. The lowest BCUT2D eigenvalue weighted by molar-refractivity contribution is -0.665. The topological polar surface area (TPSA) is 3.88 Å². The third-order valence-corrected chi connectivity index (χ3v) is 12.7. The molecule has 0 saturated carbocycles. The van der Waals surface area contributed by atoms with Crippen molar-refractivity contribution in [1.82, 2.24) is 0 Å². The van der Waals surface area contributed by atoms with Gasteiger partial charge in [-0.05, 0) is 76.6 Å². The molecule has 0 bridgehead atoms. The lowest BCUT2D eigenvalue weighted by Gasteiger charge is -2.33. The maximum atomic E-state index is 9.08. The number of fused-ring (bicyclic) bond motifs is 4. The summed E-state index contributed by atoms with van der Waals surface area (Å²) in [6.07, 6.45) is 2.62. The van der Waals surface area contributed by atoms with Gasteiger partial charge in [0.15, 0.2) is 5.69 Å². The van der Waals surface area contributed by atoms with Gasteiger partial charge < -0.3 is 0 Å². The van der Waals surface area contributed by atoms with E-state index in [4.69, 9.17) is 1.37 Å². The molecule has 2 heteroatoms. The summed E-state index contributed by atoms with van der Waals surface area (Å²) in [5.41, 5.74) is 11.8. The van der Waals surface area contributed by atoms with Crippen LogP contribution in [0.15, 0.2) is 60.6 Å². The Balaban J connectivity index is 1.54. The molecule has 2 heterocycles. The van der Waals surface area contributed by atoms with Crippen LogP contribution in [0.2, 0.25) is 25.2 Å². The summed E-state index contributed by atoms with van der Waals surface area (Å²) < 4.78 is 11.3. The van der Waals surface area contributed by atoms with Crippen LogP contribution in [0.5, 0.6) is 0 Å². The zero-order valence-corrected chi connectivity index (χ0v) is 24.0. The van der Waals surface area contributed by atoms with E-state index in [2.05, 4.69) is 107 Å². The first-order chi connectivity index (χ1) is 17.5. The maximum Gasteiger partial charge on any atom is 0.220 e. The highest BCUT2D eigenvalue weighted by atomic mass is 28.3. The van der Waals surface area contributed by atoms with Gasteiger partial charge in [0.2, 0.25) is 5.69 Å². The van der Waals surface area contributed by atoms with Gasteiger partial charge in [-0.3, -0.25) is 0 Å². The lowest BCUT2D eigenvalue weighted by atomic mass is 9.81. The monoisotopic (exact) mass is 491 g/mol. The summed E-state index contributed by atoms with van der Waals surface area (Å²) in [6, 6.07) is 24.3. The first-order valence-electron chi connectivity index (χ1n) is 14.2. The minimum absolute atomic E-state index is 0.0294. The van der Waals surface area contributed by atoms with Crippen LogP contribution >= 0.6 is 0 Å². The first kappa shape index (κ1) is 22.5. The Morgan fingerprint density at radius 3 is 2.36 bits per heavy atom. The van der Waals surface area contributed by atoms with E-state index < -0.39 is 8.07 Å². The summed E-state index contributed by atoms with van der Waals surface area (Å²) in [6.45, 7) is 14.2.